The summed E-state index contributed by atoms with van der Waals surface area (Å²) in [4.78, 5) is 12.4. The average molecular weight is 450 g/mol. The molecule has 1 heterocycles. The molecule has 4 aromatic rings. The third-order valence-electron chi connectivity index (χ3n) is 4.38. The van der Waals surface area contributed by atoms with Crippen LogP contribution in [-0.4, -0.2) is 26.4 Å². The minimum Gasteiger partial charge on any atom is -0.378 e. The third kappa shape index (κ3) is 5.65. The molecular weight excluding hydrogens is 430 g/mol. The van der Waals surface area contributed by atoms with Gasteiger partial charge >= 0.3 is 0 Å². The number of carbonyl (C=O) groups excluding carboxylic acids is 1. The van der Waals surface area contributed by atoms with Crippen LogP contribution in [0.5, 0.6) is 0 Å². The second-order valence-corrected chi connectivity index (χ2v) is 8.02. The number of benzene rings is 3. The summed E-state index contributed by atoms with van der Waals surface area (Å²) in [5.74, 6) is 0.858. The van der Waals surface area contributed by atoms with E-state index in [1.807, 2.05) is 89.5 Å². The number of thioether (sulfide) groups is 1. The van der Waals surface area contributed by atoms with Crippen molar-refractivity contribution < 1.29 is 4.79 Å². The molecule has 6 nitrogen and oxygen atoms in total. The molecule has 0 saturated heterocycles. The topological polar surface area (TPSA) is 71.8 Å². The van der Waals surface area contributed by atoms with E-state index in [0.717, 1.165) is 22.9 Å². The molecule has 0 fully saturated rings. The molecule has 0 aliphatic rings. The van der Waals surface area contributed by atoms with E-state index in [1.54, 1.807) is 0 Å². The van der Waals surface area contributed by atoms with E-state index in [0.29, 0.717) is 16.7 Å². The number of rotatable bonds is 8. The summed E-state index contributed by atoms with van der Waals surface area (Å²) in [6.07, 6.45) is 0. The number of nitrogens with one attached hydrogen (secondary N) is 2. The van der Waals surface area contributed by atoms with E-state index in [-0.39, 0.29) is 11.7 Å². The van der Waals surface area contributed by atoms with Crippen LogP contribution in [0.1, 0.15) is 5.82 Å². The largest absolute Gasteiger partial charge is 0.378 e. The molecule has 0 aliphatic heterocycles. The van der Waals surface area contributed by atoms with Crippen LogP contribution < -0.4 is 10.6 Å². The summed E-state index contributed by atoms with van der Waals surface area (Å²) in [7, 11) is 0. The van der Waals surface area contributed by atoms with E-state index in [4.69, 9.17) is 11.6 Å². The van der Waals surface area contributed by atoms with Gasteiger partial charge in [-0.25, -0.2) is 0 Å². The number of carbonyl (C=O) groups is 1. The van der Waals surface area contributed by atoms with Crippen LogP contribution in [0, 0.1) is 0 Å². The molecule has 0 saturated carbocycles. The van der Waals surface area contributed by atoms with Crippen LogP contribution in [0.25, 0.3) is 5.69 Å². The molecule has 1 amide bonds. The lowest BCUT2D eigenvalue weighted by molar-refractivity contribution is -0.113. The van der Waals surface area contributed by atoms with Gasteiger partial charge in [0.1, 0.15) is 0 Å². The number of aromatic nitrogens is 3. The van der Waals surface area contributed by atoms with Gasteiger partial charge in [-0.1, -0.05) is 65.8 Å². The summed E-state index contributed by atoms with van der Waals surface area (Å²) in [5.41, 5.74) is 2.59. The monoisotopic (exact) mass is 449 g/mol. The molecule has 31 heavy (non-hydrogen) atoms. The van der Waals surface area contributed by atoms with Crippen molar-refractivity contribution in [2.75, 3.05) is 16.4 Å². The van der Waals surface area contributed by atoms with Crippen molar-refractivity contribution in [2.45, 2.75) is 11.7 Å². The Kier molecular flexibility index (Phi) is 6.86. The van der Waals surface area contributed by atoms with Crippen LogP contribution in [0.15, 0.2) is 90.1 Å². The molecule has 2 N–H and O–H groups in total. The fraction of sp³-hybridized carbons (Fsp3) is 0.0870. The first kappa shape index (κ1) is 21.0. The zero-order valence-electron chi connectivity index (χ0n) is 16.5. The highest BCUT2D eigenvalue weighted by molar-refractivity contribution is 7.99. The zero-order chi connectivity index (χ0) is 21.5. The van der Waals surface area contributed by atoms with Crippen molar-refractivity contribution in [3.05, 3.63) is 95.8 Å². The molecule has 0 unspecified atom stereocenters. The standard InChI is InChI=1S/C23H20ClN5OS/c24-17-8-7-11-19(14-17)25-15-21-27-28-23(29(21)20-12-5-2-6-13-20)31-16-22(30)26-18-9-3-1-4-10-18/h1-14,25H,15-16H2,(H,26,30). The van der Waals surface area contributed by atoms with Crippen molar-refractivity contribution in [3.63, 3.8) is 0 Å². The lowest BCUT2D eigenvalue weighted by Gasteiger charge is -2.11. The van der Waals surface area contributed by atoms with Crippen molar-refractivity contribution in [3.8, 4) is 5.69 Å². The van der Waals surface area contributed by atoms with Gasteiger partial charge in [-0.3, -0.25) is 9.36 Å². The van der Waals surface area contributed by atoms with E-state index in [2.05, 4.69) is 20.8 Å². The Labute approximate surface area is 189 Å². The first-order valence-electron chi connectivity index (χ1n) is 9.66. The maximum atomic E-state index is 12.4. The summed E-state index contributed by atoms with van der Waals surface area (Å²) in [5, 5.41) is 16.2. The summed E-state index contributed by atoms with van der Waals surface area (Å²) in [6, 6.07) is 26.7. The molecule has 156 valence electrons. The molecule has 8 heteroatoms. The van der Waals surface area contributed by atoms with Gasteiger partial charge < -0.3 is 10.6 Å². The molecule has 0 spiro atoms. The number of hydrogen-bond donors (Lipinski definition) is 2. The molecule has 1 aromatic heterocycles. The molecular formula is C23H20ClN5OS. The molecule has 0 bridgehead atoms. The lowest BCUT2D eigenvalue weighted by atomic mass is 10.3. The Morgan fingerprint density at radius 3 is 2.35 bits per heavy atom. The lowest BCUT2D eigenvalue weighted by Crippen LogP contribution is -2.14. The minimum absolute atomic E-state index is 0.0996. The summed E-state index contributed by atoms with van der Waals surface area (Å²) < 4.78 is 1.96. The van der Waals surface area contributed by atoms with Gasteiger partial charge in [0.15, 0.2) is 11.0 Å². The Morgan fingerprint density at radius 2 is 1.61 bits per heavy atom. The highest BCUT2D eigenvalue weighted by Gasteiger charge is 2.16. The van der Waals surface area contributed by atoms with Crippen molar-refractivity contribution >= 4 is 40.6 Å². The van der Waals surface area contributed by atoms with Crippen molar-refractivity contribution in [1.29, 1.82) is 0 Å². The Bertz CT molecular complexity index is 1150. The van der Waals surface area contributed by atoms with Crippen LogP contribution in [0.4, 0.5) is 11.4 Å². The maximum absolute atomic E-state index is 12.4. The summed E-state index contributed by atoms with van der Waals surface area (Å²) in [6.45, 7) is 0.457. The van der Waals surface area contributed by atoms with Crippen LogP contribution >= 0.6 is 23.4 Å². The molecule has 3 aromatic carbocycles. The second kappa shape index (κ2) is 10.1. The summed E-state index contributed by atoms with van der Waals surface area (Å²) >= 11 is 7.41. The van der Waals surface area contributed by atoms with E-state index in [1.165, 1.54) is 11.8 Å². The van der Waals surface area contributed by atoms with Crippen LogP contribution in [0.2, 0.25) is 5.02 Å². The quantitative estimate of drug-likeness (QED) is 0.359. The SMILES string of the molecule is O=C(CSc1nnc(CNc2cccc(Cl)c2)n1-c1ccccc1)Nc1ccccc1. The second-order valence-electron chi connectivity index (χ2n) is 6.64. The fourth-order valence-electron chi connectivity index (χ4n) is 2.97. The van der Waals surface area contributed by atoms with Gasteiger partial charge in [0, 0.05) is 22.1 Å². The molecule has 0 aliphatic carbocycles. The number of nitrogens with zero attached hydrogens (tertiary/aromatic N) is 3. The van der Waals surface area contributed by atoms with E-state index >= 15 is 0 Å². The predicted molar refractivity (Wildman–Crippen MR) is 126 cm³/mol. The van der Waals surface area contributed by atoms with Gasteiger partial charge in [0.25, 0.3) is 0 Å². The number of anilines is 2. The number of halogens is 1. The van der Waals surface area contributed by atoms with Crippen LogP contribution in [0.3, 0.4) is 0 Å². The highest BCUT2D eigenvalue weighted by atomic mass is 35.5. The Morgan fingerprint density at radius 1 is 0.903 bits per heavy atom. The van der Waals surface area contributed by atoms with Gasteiger partial charge in [-0.15, -0.1) is 10.2 Å². The first-order chi connectivity index (χ1) is 15.2. The number of amides is 1. The van der Waals surface area contributed by atoms with E-state index in [9.17, 15) is 4.79 Å². The van der Waals surface area contributed by atoms with Crippen molar-refractivity contribution in [1.82, 2.24) is 14.8 Å². The molecule has 0 atom stereocenters. The average Bonchev–Trinajstić information content (AvgIpc) is 3.20. The smallest absolute Gasteiger partial charge is 0.234 e. The zero-order valence-corrected chi connectivity index (χ0v) is 18.1. The third-order valence-corrected chi connectivity index (χ3v) is 5.54. The molecule has 4 rings (SSSR count). The van der Waals surface area contributed by atoms with Gasteiger partial charge in [0.2, 0.25) is 5.91 Å². The van der Waals surface area contributed by atoms with Gasteiger partial charge in [0.05, 0.1) is 12.3 Å². The normalized spacial score (nSPS) is 10.6. The maximum Gasteiger partial charge on any atom is 0.234 e. The molecule has 0 radical (unpaired) electrons. The van der Waals surface area contributed by atoms with E-state index < -0.39 is 0 Å². The predicted octanol–water partition coefficient (Wildman–Crippen LogP) is 5.26. The highest BCUT2D eigenvalue weighted by Crippen LogP contribution is 2.23. The van der Waals surface area contributed by atoms with Crippen molar-refractivity contribution in [2.24, 2.45) is 0 Å². The Balaban J connectivity index is 1.50. The number of hydrogen-bond acceptors (Lipinski definition) is 5. The van der Waals surface area contributed by atoms with Gasteiger partial charge in [-0.05, 0) is 42.5 Å². The fourth-order valence-corrected chi connectivity index (χ4v) is 3.93. The minimum atomic E-state index is -0.0996. The first-order valence-corrected chi connectivity index (χ1v) is 11.0. The Hall–Kier alpha value is -3.29. The van der Waals surface area contributed by atoms with Gasteiger partial charge in [-0.2, -0.15) is 0 Å². The van der Waals surface area contributed by atoms with Crippen LogP contribution in [-0.2, 0) is 11.3 Å². The number of para-hydroxylation sites is 2.